The van der Waals surface area contributed by atoms with Gasteiger partial charge in [0.1, 0.15) is 0 Å². The van der Waals surface area contributed by atoms with Gasteiger partial charge in [-0.3, -0.25) is 0 Å². The lowest BCUT2D eigenvalue weighted by Crippen LogP contribution is -2.28. The highest BCUT2D eigenvalue weighted by molar-refractivity contribution is 7.89. The third kappa shape index (κ3) is 5.73. The Labute approximate surface area is 170 Å². The molecule has 0 saturated heterocycles. The number of ether oxygens (including phenoxy) is 1. The maximum absolute atomic E-state index is 12.6. The zero-order valence-electron chi connectivity index (χ0n) is 14.8. The van der Waals surface area contributed by atoms with E-state index in [-0.39, 0.29) is 20.8 Å². The van der Waals surface area contributed by atoms with Crippen molar-refractivity contribution in [3.8, 4) is 5.88 Å². The summed E-state index contributed by atoms with van der Waals surface area (Å²) >= 11 is 11.7. The Hall–Kier alpha value is -1.55. The number of halogens is 5. The molecule has 0 saturated carbocycles. The Morgan fingerprint density at radius 3 is 2.46 bits per heavy atom. The number of pyridine rings is 1. The Morgan fingerprint density at radius 1 is 1.21 bits per heavy atom. The molecule has 0 fully saturated rings. The van der Waals surface area contributed by atoms with Gasteiger partial charge in [0.25, 0.3) is 0 Å². The van der Waals surface area contributed by atoms with Crippen molar-refractivity contribution >= 4 is 33.2 Å². The van der Waals surface area contributed by atoms with Crippen molar-refractivity contribution < 1.29 is 26.3 Å². The average Bonchev–Trinajstić information content (AvgIpc) is 2.60. The molecule has 5 nitrogen and oxygen atoms in total. The van der Waals surface area contributed by atoms with E-state index in [1.807, 2.05) is 0 Å². The van der Waals surface area contributed by atoms with Gasteiger partial charge in [-0.1, -0.05) is 30.1 Å². The van der Waals surface area contributed by atoms with E-state index in [0.717, 1.165) is 0 Å². The summed E-state index contributed by atoms with van der Waals surface area (Å²) in [5, 5.41) is 0.292. The molecule has 154 valence electrons. The van der Waals surface area contributed by atoms with Crippen LogP contribution < -0.4 is 9.46 Å². The van der Waals surface area contributed by atoms with Crippen LogP contribution in [0.2, 0.25) is 10.0 Å². The van der Waals surface area contributed by atoms with E-state index in [0.29, 0.717) is 17.5 Å². The number of nitrogens with one attached hydrogen (secondary N) is 1. The molecule has 0 aliphatic carbocycles. The summed E-state index contributed by atoms with van der Waals surface area (Å²) in [4.78, 5) is 3.75. The second-order valence-corrected chi connectivity index (χ2v) is 8.39. The molecular formula is C17H17Cl2F3N2O3S. The lowest BCUT2D eigenvalue weighted by atomic mass is 10.0. The van der Waals surface area contributed by atoms with Crippen molar-refractivity contribution in [2.24, 2.45) is 0 Å². The maximum Gasteiger partial charge on any atom is 0.422 e. The van der Waals surface area contributed by atoms with E-state index < -0.39 is 28.8 Å². The van der Waals surface area contributed by atoms with Crippen LogP contribution in [0.5, 0.6) is 5.88 Å². The molecular weight excluding hydrogens is 440 g/mol. The first-order valence-corrected chi connectivity index (χ1v) is 10.3. The van der Waals surface area contributed by atoms with Crippen LogP contribution in [0.25, 0.3) is 0 Å². The summed E-state index contributed by atoms with van der Waals surface area (Å²) < 4.78 is 69.8. The predicted molar refractivity (Wildman–Crippen MR) is 100 cm³/mol. The number of aromatic nitrogens is 1. The fraction of sp³-hybridized carbons (Fsp3) is 0.353. The fourth-order valence-electron chi connectivity index (χ4n) is 2.53. The molecule has 28 heavy (non-hydrogen) atoms. The summed E-state index contributed by atoms with van der Waals surface area (Å²) in [6.07, 6.45) is -2.94. The smallest absolute Gasteiger partial charge is 0.422 e. The summed E-state index contributed by atoms with van der Waals surface area (Å²) in [7, 11) is -3.95. The van der Waals surface area contributed by atoms with Crippen molar-refractivity contribution in [3.63, 3.8) is 0 Å². The van der Waals surface area contributed by atoms with E-state index in [9.17, 15) is 21.6 Å². The summed E-state index contributed by atoms with van der Waals surface area (Å²) in [5.41, 5.74) is 0.842. The molecule has 2 rings (SSSR count). The molecule has 1 N–H and O–H groups in total. The van der Waals surface area contributed by atoms with Gasteiger partial charge < -0.3 is 4.74 Å². The molecule has 2 aromatic rings. The lowest BCUT2D eigenvalue weighted by molar-refractivity contribution is -0.154. The first-order chi connectivity index (χ1) is 12.9. The van der Waals surface area contributed by atoms with Crippen LogP contribution in [0.3, 0.4) is 0 Å². The summed E-state index contributed by atoms with van der Waals surface area (Å²) in [5.74, 6) is -0.182. The third-order valence-corrected chi connectivity index (χ3v) is 6.06. The molecule has 0 radical (unpaired) electrons. The second-order valence-electron chi connectivity index (χ2n) is 5.86. The quantitative estimate of drug-likeness (QED) is 0.640. The number of rotatable bonds is 7. The zero-order valence-corrected chi connectivity index (χ0v) is 17.2. The van der Waals surface area contributed by atoms with Crippen molar-refractivity contribution in [2.75, 3.05) is 6.61 Å². The molecule has 1 unspecified atom stereocenters. The van der Waals surface area contributed by atoms with Crippen LogP contribution in [0.1, 0.15) is 31.0 Å². The molecule has 1 heterocycles. The van der Waals surface area contributed by atoms with Crippen LogP contribution >= 0.6 is 23.2 Å². The lowest BCUT2D eigenvalue weighted by Gasteiger charge is -2.20. The van der Waals surface area contributed by atoms with E-state index in [4.69, 9.17) is 27.9 Å². The Balaban J connectivity index is 2.30. The fourth-order valence-corrected chi connectivity index (χ4v) is 4.14. The van der Waals surface area contributed by atoms with Crippen LogP contribution in [0.15, 0.2) is 35.4 Å². The Morgan fingerprint density at radius 2 is 1.89 bits per heavy atom. The minimum Gasteiger partial charge on any atom is -0.468 e. The van der Waals surface area contributed by atoms with Crippen molar-refractivity contribution in [1.82, 2.24) is 9.71 Å². The number of sulfonamides is 1. The highest BCUT2D eigenvalue weighted by Gasteiger charge is 2.30. The second kappa shape index (κ2) is 8.86. The molecule has 1 aromatic carbocycles. The van der Waals surface area contributed by atoms with Gasteiger partial charge in [0.15, 0.2) is 6.61 Å². The SMILES string of the molecule is CCc1c(C(C)NS(=O)(=O)c2ccc(Cl)c(Cl)c2)ccnc1OCC(F)(F)F. The molecule has 1 aromatic heterocycles. The van der Waals surface area contributed by atoms with Gasteiger partial charge in [0.05, 0.1) is 14.9 Å². The maximum atomic E-state index is 12.6. The standard InChI is InChI=1S/C17H17Cl2F3N2O3S/c1-3-12-13(6-7-23-16(12)27-9-17(20,21)22)10(2)24-28(25,26)11-4-5-14(18)15(19)8-11/h4-8,10,24H,3,9H2,1-2H3. The number of benzene rings is 1. The molecule has 0 aliphatic rings. The minimum atomic E-state index is -4.51. The molecule has 11 heteroatoms. The Kier molecular flexibility index (Phi) is 7.19. The van der Waals surface area contributed by atoms with Gasteiger partial charge in [0, 0.05) is 17.8 Å². The van der Waals surface area contributed by atoms with Crippen molar-refractivity contribution in [3.05, 3.63) is 51.6 Å². The van der Waals surface area contributed by atoms with Crippen LogP contribution in [0, 0.1) is 0 Å². The number of nitrogens with zero attached hydrogens (tertiary/aromatic N) is 1. The van der Waals surface area contributed by atoms with Gasteiger partial charge in [-0.2, -0.15) is 13.2 Å². The van der Waals surface area contributed by atoms with Gasteiger partial charge in [-0.05, 0) is 43.2 Å². The number of hydrogen-bond donors (Lipinski definition) is 1. The third-order valence-electron chi connectivity index (χ3n) is 3.78. The van der Waals surface area contributed by atoms with Gasteiger partial charge in [-0.25, -0.2) is 18.1 Å². The molecule has 1 atom stereocenters. The predicted octanol–water partition coefficient (Wildman–Crippen LogP) is 4.93. The van der Waals surface area contributed by atoms with E-state index >= 15 is 0 Å². The highest BCUT2D eigenvalue weighted by atomic mass is 35.5. The first kappa shape index (κ1) is 22.7. The molecule has 0 amide bonds. The Bertz CT molecular complexity index is 953. The highest BCUT2D eigenvalue weighted by Crippen LogP contribution is 2.29. The number of hydrogen-bond acceptors (Lipinski definition) is 4. The van der Waals surface area contributed by atoms with Crippen molar-refractivity contribution in [2.45, 2.75) is 37.4 Å². The van der Waals surface area contributed by atoms with E-state index in [1.54, 1.807) is 13.8 Å². The number of alkyl halides is 3. The van der Waals surface area contributed by atoms with Crippen LogP contribution in [-0.4, -0.2) is 26.2 Å². The van der Waals surface area contributed by atoms with E-state index in [2.05, 4.69) is 9.71 Å². The normalized spacial score (nSPS) is 13.4. The molecule has 0 spiro atoms. The first-order valence-electron chi connectivity index (χ1n) is 8.09. The minimum absolute atomic E-state index is 0.0817. The van der Waals surface area contributed by atoms with Crippen LogP contribution in [0.4, 0.5) is 13.2 Å². The topological polar surface area (TPSA) is 68.3 Å². The summed E-state index contributed by atoms with van der Waals surface area (Å²) in [6.45, 7) is 1.79. The molecule has 0 bridgehead atoms. The van der Waals surface area contributed by atoms with Crippen LogP contribution in [-0.2, 0) is 16.4 Å². The van der Waals surface area contributed by atoms with Gasteiger partial charge >= 0.3 is 6.18 Å². The summed E-state index contributed by atoms with van der Waals surface area (Å²) in [6, 6.07) is 4.64. The van der Waals surface area contributed by atoms with Crippen molar-refractivity contribution in [1.29, 1.82) is 0 Å². The molecule has 0 aliphatic heterocycles. The van der Waals surface area contributed by atoms with Gasteiger partial charge in [0.2, 0.25) is 15.9 Å². The van der Waals surface area contributed by atoms with Gasteiger partial charge in [-0.15, -0.1) is 0 Å². The largest absolute Gasteiger partial charge is 0.468 e. The monoisotopic (exact) mass is 456 g/mol. The van der Waals surface area contributed by atoms with E-state index in [1.165, 1.54) is 30.5 Å². The zero-order chi connectivity index (χ0) is 21.1. The average molecular weight is 457 g/mol.